The Morgan fingerprint density at radius 2 is 1.78 bits per heavy atom. The van der Waals surface area contributed by atoms with E-state index >= 15 is 0 Å². The first-order chi connectivity index (χ1) is 17.4. The van der Waals surface area contributed by atoms with Gasteiger partial charge in [-0.2, -0.15) is 0 Å². The van der Waals surface area contributed by atoms with E-state index in [1.54, 1.807) is 48.5 Å². The SMILES string of the molecule is CCOc1ccc(C(O)=C2C(=O)C(=O)N(c3nc4ccc(CC)cc4s3)[C@@H]2c2ccc(Cl)cc2)cc1. The van der Waals surface area contributed by atoms with Crippen molar-refractivity contribution < 1.29 is 19.4 Å². The van der Waals surface area contributed by atoms with Crippen LogP contribution in [0.25, 0.3) is 16.0 Å². The van der Waals surface area contributed by atoms with Crippen LogP contribution in [0, 0.1) is 0 Å². The van der Waals surface area contributed by atoms with Gasteiger partial charge in [0.1, 0.15) is 11.5 Å². The van der Waals surface area contributed by atoms with Gasteiger partial charge in [-0.1, -0.05) is 48.1 Å². The summed E-state index contributed by atoms with van der Waals surface area (Å²) in [4.78, 5) is 32.8. The van der Waals surface area contributed by atoms with E-state index in [9.17, 15) is 14.7 Å². The molecule has 2 heterocycles. The van der Waals surface area contributed by atoms with Gasteiger partial charge in [-0.15, -0.1) is 0 Å². The van der Waals surface area contributed by atoms with Gasteiger partial charge in [-0.25, -0.2) is 4.98 Å². The molecular formula is C28H23ClN2O4S. The number of aliphatic hydroxyl groups is 1. The van der Waals surface area contributed by atoms with Gasteiger partial charge in [0, 0.05) is 10.6 Å². The Morgan fingerprint density at radius 3 is 2.44 bits per heavy atom. The number of aromatic nitrogens is 1. The van der Waals surface area contributed by atoms with Gasteiger partial charge in [-0.3, -0.25) is 14.5 Å². The number of nitrogens with zero attached hydrogens (tertiary/aromatic N) is 2. The Balaban J connectivity index is 1.67. The number of rotatable bonds is 6. The highest BCUT2D eigenvalue weighted by Gasteiger charge is 2.48. The van der Waals surface area contributed by atoms with Crippen LogP contribution in [0.5, 0.6) is 5.75 Å². The monoisotopic (exact) mass is 518 g/mol. The van der Waals surface area contributed by atoms with Crippen LogP contribution in [0.4, 0.5) is 5.13 Å². The molecule has 1 aromatic heterocycles. The highest BCUT2D eigenvalue weighted by Crippen LogP contribution is 2.44. The van der Waals surface area contributed by atoms with E-state index in [0.717, 1.165) is 22.2 Å². The Kier molecular flexibility index (Phi) is 6.51. The summed E-state index contributed by atoms with van der Waals surface area (Å²) < 4.78 is 6.40. The van der Waals surface area contributed by atoms with Gasteiger partial charge < -0.3 is 9.84 Å². The van der Waals surface area contributed by atoms with Gasteiger partial charge in [-0.05, 0) is 73.0 Å². The number of carbonyl (C=O) groups is 2. The van der Waals surface area contributed by atoms with Crippen molar-refractivity contribution in [1.82, 2.24) is 4.98 Å². The van der Waals surface area contributed by atoms with Crippen molar-refractivity contribution in [1.29, 1.82) is 0 Å². The van der Waals surface area contributed by atoms with E-state index in [-0.39, 0.29) is 11.3 Å². The number of hydrogen-bond acceptors (Lipinski definition) is 6. The van der Waals surface area contributed by atoms with Crippen LogP contribution in [0.1, 0.15) is 36.6 Å². The van der Waals surface area contributed by atoms with E-state index in [1.807, 2.05) is 25.1 Å². The second-order valence-electron chi connectivity index (χ2n) is 8.33. The zero-order valence-corrected chi connectivity index (χ0v) is 21.3. The van der Waals surface area contributed by atoms with E-state index in [2.05, 4.69) is 11.9 Å². The molecule has 1 aliphatic rings. The smallest absolute Gasteiger partial charge is 0.301 e. The molecule has 1 aliphatic heterocycles. The fourth-order valence-electron chi connectivity index (χ4n) is 4.30. The third kappa shape index (κ3) is 4.25. The van der Waals surface area contributed by atoms with Crippen molar-refractivity contribution in [3.05, 3.63) is 94.0 Å². The number of amides is 1. The maximum Gasteiger partial charge on any atom is 0.301 e. The zero-order chi connectivity index (χ0) is 25.4. The average Bonchev–Trinajstić information content (AvgIpc) is 3.42. The molecule has 0 unspecified atom stereocenters. The topological polar surface area (TPSA) is 79.7 Å². The lowest BCUT2D eigenvalue weighted by Gasteiger charge is -2.23. The van der Waals surface area contributed by atoms with Crippen molar-refractivity contribution in [2.75, 3.05) is 11.5 Å². The highest BCUT2D eigenvalue weighted by molar-refractivity contribution is 7.22. The maximum absolute atomic E-state index is 13.4. The Morgan fingerprint density at radius 1 is 1.06 bits per heavy atom. The number of hydrogen-bond donors (Lipinski definition) is 1. The lowest BCUT2D eigenvalue weighted by molar-refractivity contribution is -0.132. The van der Waals surface area contributed by atoms with Crippen molar-refractivity contribution in [2.45, 2.75) is 26.3 Å². The molecule has 0 radical (unpaired) electrons. The number of aliphatic hydroxyl groups excluding tert-OH is 1. The van der Waals surface area contributed by atoms with Crippen molar-refractivity contribution in [3.8, 4) is 5.75 Å². The summed E-state index contributed by atoms with van der Waals surface area (Å²) in [6, 6.07) is 18.7. The third-order valence-corrected chi connectivity index (χ3v) is 7.39. The Bertz CT molecular complexity index is 1490. The van der Waals surface area contributed by atoms with Crippen molar-refractivity contribution >= 4 is 55.7 Å². The number of Topliss-reactive ketones (excluding diaryl/α,β-unsaturated/α-hetero) is 1. The number of thiazole rings is 1. The summed E-state index contributed by atoms with van der Waals surface area (Å²) in [7, 11) is 0. The normalized spacial score (nSPS) is 17.2. The fraction of sp³-hybridized carbons (Fsp3) is 0.179. The first-order valence-electron chi connectivity index (χ1n) is 11.6. The van der Waals surface area contributed by atoms with Gasteiger partial charge in [0.05, 0.1) is 28.4 Å². The summed E-state index contributed by atoms with van der Waals surface area (Å²) in [5.41, 5.74) is 2.95. The molecule has 1 fully saturated rings. The minimum Gasteiger partial charge on any atom is -0.507 e. The van der Waals surface area contributed by atoms with Crippen LogP contribution in [0.2, 0.25) is 5.02 Å². The molecule has 1 saturated heterocycles. The quantitative estimate of drug-likeness (QED) is 0.178. The van der Waals surface area contributed by atoms with Gasteiger partial charge in [0.25, 0.3) is 5.78 Å². The highest BCUT2D eigenvalue weighted by atomic mass is 35.5. The van der Waals surface area contributed by atoms with Crippen LogP contribution >= 0.6 is 22.9 Å². The van der Waals surface area contributed by atoms with Gasteiger partial charge in [0.2, 0.25) is 0 Å². The molecule has 0 spiro atoms. The number of halogens is 1. The van der Waals surface area contributed by atoms with E-state index in [0.29, 0.717) is 33.6 Å². The number of ether oxygens (including phenoxy) is 1. The van der Waals surface area contributed by atoms with E-state index < -0.39 is 17.7 Å². The molecule has 0 saturated carbocycles. The van der Waals surface area contributed by atoms with Crippen molar-refractivity contribution in [3.63, 3.8) is 0 Å². The molecule has 3 aromatic carbocycles. The van der Waals surface area contributed by atoms with Crippen LogP contribution in [-0.4, -0.2) is 28.4 Å². The largest absolute Gasteiger partial charge is 0.507 e. The lowest BCUT2D eigenvalue weighted by atomic mass is 9.95. The number of aryl methyl sites for hydroxylation is 1. The number of ketones is 1. The molecule has 8 heteroatoms. The fourth-order valence-corrected chi connectivity index (χ4v) is 5.48. The Hall–Kier alpha value is -3.68. The molecule has 4 aromatic rings. The molecule has 6 nitrogen and oxygen atoms in total. The van der Waals surface area contributed by atoms with E-state index in [4.69, 9.17) is 16.3 Å². The Labute approximate surface area is 217 Å². The summed E-state index contributed by atoms with van der Waals surface area (Å²) >= 11 is 7.46. The summed E-state index contributed by atoms with van der Waals surface area (Å²) in [5.74, 6) is -1.12. The van der Waals surface area contributed by atoms with E-state index in [1.165, 1.54) is 16.2 Å². The molecule has 1 atom stereocenters. The molecule has 1 N–H and O–H groups in total. The van der Waals surface area contributed by atoms with Crippen molar-refractivity contribution in [2.24, 2.45) is 0 Å². The number of carbonyl (C=O) groups excluding carboxylic acids is 2. The minimum atomic E-state index is -0.861. The molecule has 0 bridgehead atoms. The number of benzene rings is 3. The predicted molar refractivity (Wildman–Crippen MR) is 143 cm³/mol. The van der Waals surface area contributed by atoms with Gasteiger partial charge in [0.15, 0.2) is 5.13 Å². The second kappa shape index (κ2) is 9.76. The summed E-state index contributed by atoms with van der Waals surface area (Å²) in [5, 5.41) is 12.2. The predicted octanol–water partition coefficient (Wildman–Crippen LogP) is 6.54. The third-order valence-electron chi connectivity index (χ3n) is 6.12. The number of fused-ring (bicyclic) bond motifs is 1. The summed E-state index contributed by atoms with van der Waals surface area (Å²) in [6.07, 6.45) is 0.876. The minimum absolute atomic E-state index is 0.0000133. The maximum atomic E-state index is 13.4. The average molecular weight is 519 g/mol. The lowest BCUT2D eigenvalue weighted by Crippen LogP contribution is -2.29. The molecule has 0 aliphatic carbocycles. The molecule has 182 valence electrons. The standard InChI is InChI=1S/C28H23ClN2O4S/c1-3-16-5-14-21-22(15-16)36-28(30-21)31-24(17-6-10-19(29)11-7-17)23(26(33)27(31)34)25(32)18-8-12-20(13-9-18)35-4-2/h5-15,24,32H,3-4H2,1-2H3/t24-/m1/s1. The first-order valence-corrected chi connectivity index (χ1v) is 12.8. The second-order valence-corrected chi connectivity index (χ2v) is 9.78. The number of anilines is 1. The first kappa shape index (κ1) is 24.0. The van der Waals surface area contributed by atoms with Crippen LogP contribution in [-0.2, 0) is 16.0 Å². The molecule has 5 rings (SSSR count). The van der Waals surface area contributed by atoms with Crippen LogP contribution < -0.4 is 9.64 Å². The molecular weight excluding hydrogens is 496 g/mol. The van der Waals surface area contributed by atoms with Crippen LogP contribution in [0.3, 0.4) is 0 Å². The zero-order valence-electron chi connectivity index (χ0n) is 19.7. The van der Waals surface area contributed by atoms with Gasteiger partial charge >= 0.3 is 5.91 Å². The summed E-state index contributed by atoms with van der Waals surface area (Å²) in [6.45, 7) is 4.46. The molecule has 1 amide bonds. The van der Waals surface area contributed by atoms with Crippen LogP contribution in [0.15, 0.2) is 72.3 Å². The molecule has 36 heavy (non-hydrogen) atoms.